The molecule has 0 N–H and O–H groups in total. The van der Waals surface area contributed by atoms with E-state index in [0.29, 0.717) is 13.0 Å². The van der Waals surface area contributed by atoms with Crippen LogP contribution in [0.5, 0.6) is 5.75 Å². The Bertz CT molecular complexity index is 984. The second kappa shape index (κ2) is 7.12. The van der Waals surface area contributed by atoms with Gasteiger partial charge in [0.25, 0.3) is 5.91 Å². The molecule has 0 unspecified atom stereocenters. The third kappa shape index (κ3) is 3.21. The van der Waals surface area contributed by atoms with E-state index >= 15 is 0 Å². The van der Waals surface area contributed by atoms with Gasteiger partial charge in [0.05, 0.1) is 18.7 Å². The maximum absolute atomic E-state index is 14.2. The molecule has 0 fully saturated rings. The average molecular weight is 385 g/mol. The first-order valence-electron chi connectivity index (χ1n) is 8.54. The Hall–Kier alpha value is -2.73. The Morgan fingerprint density at radius 2 is 1.93 bits per heavy atom. The van der Waals surface area contributed by atoms with Gasteiger partial charge in [0.15, 0.2) is 0 Å². The topological polar surface area (TPSA) is 29.5 Å². The predicted molar refractivity (Wildman–Crippen MR) is 100 cm³/mol. The Morgan fingerprint density at radius 1 is 1.15 bits per heavy atom. The molecule has 2 heterocycles. The summed E-state index contributed by atoms with van der Waals surface area (Å²) in [6, 6.07) is 12.3. The Labute approximate surface area is 159 Å². The second-order valence-corrected chi connectivity index (χ2v) is 7.35. The van der Waals surface area contributed by atoms with E-state index in [1.54, 1.807) is 23.3 Å². The SMILES string of the molecule is COc1ccc([C@H]2c3ccsc3CCN2C(=O)c2ccc(F)cc2F)cc1. The minimum Gasteiger partial charge on any atom is -0.497 e. The monoisotopic (exact) mass is 385 g/mol. The molecule has 1 amide bonds. The smallest absolute Gasteiger partial charge is 0.257 e. The van der Waals surface area contributed by atoms with Gasteiger partial charge < -0.3 is 9.64 Å². The third-order valence-electron chi connectivity index (χ3n) is 4.82. The van der Waals surface area contributed by atoms with Crippen LogP contribution in [0.2, 0.25) is 0 Å². The minimum atomic E-state index is -0.843. The standard InChI is InChI=1S/C21H17F2NO2S/c1-26-15-5-2-13(3-6-15)20-17-9-11-27-19(17)8-10-24(20)21(25)16-7-4-14(22)12-18(16)23/h2-7,9,11-12,20H,8,10H2,1H3/t20-/m0/s1. The van der Waals surface area contributed by atoms with Crippen LogP contribution in [0.4, 0.5) is 8.78 Å². The zero-order valence-electron chi connectivity index (χ0n) is 14.6. The van der Waals surface area contributed by atoms with E-state index < -0.39 is 17.5 Å². The molecule has 1 aromatic heterocycles. The lowest BCUT2D eigenvalue weighted by Gasteiger charge is -2.36. The minimum absolute atomic E-state index is 0.117. The highest BCUT2D eigenvalue weighted by atomic mass is 32.1. The summed E-state index contributed by atoms with van der Waals surface area (Å²) in [6.45, 7) is 0.472. The van der Waals surface area contributed by atoms with Gasteiger partial charge in [-0.3, -0.25) is 4.79 Å². The van der Waals surface area contributed by atoms with Crippen LogP contribution in [-0.4, -0.2) is 24.5 Å². The molecule has 3 nitrogen and oxygen atoms in total. The number of nitrogens with zero attached hydrogens (tertiary/aromatic N) is 1. The molecule has 0 radical (unpaired) electrons. The van der Waals surface area contributed by atoms with Crippen molar-refractivity contribution < 1.29 is 18.3 Å². The van der Waals surface area contributed by atoms with Crippen LogP contribution in [-0.2, 0) is 6.42 Å². The van der Waals surface area contributed by atoms with Crippen LogP contribution in [0.3, 0.4) is 0 Å². The maximum Gasteiger partial charge on any atom is 0.257 e. The van der Waals surface area contributed by atoms with Crippen LogP contribution in [0.1, 0.15) is 32.4 Å². The van der Waals surface area contributed by atoms with E-state index in [9.17, 15) is 13.6 Å². The molecule has 0 bridgehead atoms. The van der Waals surface area contributed by atoms with E-state index in [0.717, 1.165) is 29.0 Å². The van der Waals surface area contributed by atoms with Crippen LogP contribution in [0, 0.1) is 11.6 Å². The molecule has 0 aliphatic carbocycles. The molecule has 0 saturated heterocycles. The van der Waals surface area contributed by atoms with Crippen LogP contribution in [0.25, 0.3) is 0 Å². The number of hydrogen-bond acceptors (Lipinski definition) is 3. The Morgan fingerprint density at radius 3 is 2.63 bits per heavy atom. The van der Waals surface area contributed by atoms with Gasteiger partial charge in [-0.2, -0.15) is 0 Å². The van der Waals surface area contributed by atoms with Gasteiger partial charge in [0.1, 0.15) is 17.4 Å². The number of methoxy groups -OCH3 is 1. The van der Waals surface area contributed by atoms with Gasteiger partial charge in [-0.25, -0.2) is 8.78 Å². The average Bonchev–Trinajstić information content (AvgIpc) is 3.15. The Kier molecular flexibility index (Phi) is 4.66. The summed E-state index contributed by atoms with van der Waals surface area (Å²) >= 11 is 1.66. The van der Waals surface area contributed by atoms with E-state index in [4.69, 9.17) is 4.74 Å². The highest BCUT2D eigenvalue weighted by Crippen LogP contribution is 2.39. The molecule has 6 heteroatoms. The van der Waals surface area contributed by atoms with E-state index in [-0.39, 0.29) is 11.6 Å². The summed E-state index contributed by atoms with van der Waals surface area (Å²) in [5.41, 5.74) is 1.85. The fraction of sp³-hybridized carbons (Fsp3) is 0.190. The summed E-state index contributed by atoms with van der Waals surface area (Å²) in [5, 5.41) is 2.01. The number of carbonyl (C=O) groups is 1. The molecule has 0 spiro atoms. The first kappa shape index (κ1) is 17.7. The molecule has 1 aliphatic heterocycles. The summed E-state index contributed by atoms with van der Waals surface area (Å²) in [5.74, 6) is -1.26. The largest absolute Gasteiger partial charge is 0.497 e. The van der Waals surface area contributed by atoms with Crippen molar-refractivity contribution in [2.75, 3.05) is 13.7 Å². The molecule has 1 atom stereocenters. The van der Waals surface area contributed by atoms with Gasteiger partial charge in [0, 0.05) is 17.5 Å². The molecule has 0 saturated carbocycles. The van der Waals surface area contributed by atoms with E-state index in [1.807, 2.05) is 35.7 Å². The third-order valence-corrected chi connectivity index (χ3v) is 5.82. The number of hydrogen-bond donors (Lipinski definition) is 0. The van der Waals surface area contributed by atoms with Gasteiger partial charge in [-0.1, -0.05) is 12.1 Å². The highest BCUT2D eigenvalue weighted by Gasteiger charge is 2.34. The van der Waals surface area contributed by atoms with Gasteiger partial charge in [-0.05, 0) is 53.3 Å². The molecule has 3 aromatic rings. The fourth-order valence-electron chi connectivity index (χ4n) is 3.50. The first-order chi connectivity index (χ1) is 13.1. The summed E-state index contributed by atoms with van der Waals surface area (Å²) in [4.78, 5) is 16.0. The van der Waals surface area contributed by atoms with E-state index in [1.165, 1.54) is 10.9 Å². The lowest BCUT2D eigenvalue weighted by atomic mass is 9.92. The van der Waals surface area contributed by atoms with Crippen LogP contribution >= 0.6 is 11.3 Å². The lowest BCUT2D eigenvalue weighted by Crippen LogP contribution is -2.40. The van der Waals surface area contributed by atoms with Crippen LogP contribution in [0.15, 0.2) is 53.9 Å². The fourth-order valence-corrected chi connectivity index (χ4v) is 4.40. The normalized spacial score (nSPS) is 16.1. The Balaban J connectivity index is 1.77. The number of amides is 1. The molecular weight excluding hydrogens is 368 g/mol. The van der Waals surface area contributed by atoms with Gasteiger partial charge in [0.2, 0.25) is 0 Å². The van der Waals surface area contributed by atoms with Crippen molar-refractivity contribution in [3.05, 3.63) is 87.1 Å². The first-order valence-corrected chi connectivity index (χ1v) is 9.42. The molecule has 138 valence electrons. The quantitative estimate of drug-likeness (QED) is 0.647. The van der Waals surface area contributed by atoms with Gasteiger partial charge in [-0.15, -0.1) is 11.3 Å². The van der Waals surface area contributed by atoms with Crippen molar-refractivity contribution in [1.29, 1.82) is 0 Å². The van der Waals surface area contributed by atoms with Crippen molar-refractivity contribution in [3.8, 4) is 5.75 Å². The lowest BCUT2D eigenvalue weighted by molar-refractivity contribution is 0.0691. The number of ether oxygens (including phenoxy) is 1. The maximum atomic E-state index is 14.2. The number of carbonyl (C=O) groups excluding carboxylic acids is 1. The van der Waals surface area contributed by atoms with Crippen molar-refractivity contribution in [2.45, 2.75) is 12.5 Å². The highest BCUT2D eigenvalue weighted by molar-refractivity contribution is 7.10. The molecule has 1 aliphatic rings. The number of thiophene rings is 1. The second-order valence-electron chi connectivity index (χ2n) is 6.35. The molecular formula is C21H17F2NO2S. The van der Waals surface area contributed by atoms with Crippen molar-refractivity contribution in [3.63, 3.8) is 0 Å². The summed E-state index contributed by atoms with van der Waals surface area (Å²) in [7, 11) is 1.60. The zero-order valence-corrected chi connectivity index (χ0v) is 15.4. The molecule has 4 rings (SSSR count). The summed E-state index contributed by atoms with van der Waals surface area (Å²) < 4.78 is 32.7. The van der Waals surface area contributed by atoms with E-state index in [2.05, 4.69) is 0 Å². The van der Waals surface area contributed by atoms with Crippen molar-refractivity contribution >= 4 is 17.2 Å². The number of halogens is 2. The van der Waals surface area contributed by atoms with Crippen LogP contribution < -0.4 is 4.74 Å². The predicted octanol–water partition coefficient (Wildman–Crippen LogP) is 4.82. The summed E-state index contributed by atoms with van der Waals surface area (Å²) in [6.07, 6.45) is 0.716. The van der Waals surface area contributed by atoms with Crippen molar-refractivity contribution in [1.82, 2.24) is 4.90 Å². The number of rotatable bonds is 3. The molecule has 2 aromatic carbocycles. The number of benzene rings is 2. The van der Waals surface area contributed by atoms with Gasteiger partial charge >= 0.3 is 0 Å². The number of fused-ring (bicyclic) bond motifs is 1. The molecule has 27 heavy (non-hydrogen) atoms. The van der Waals surface area contributed by atoms with Crippen molar-refractivity contribution in [2.24, 2.45) is 0 Å². The zero-order chi connectivity index (χ0) is 19.0.